The number of hydrogen-bond donors (Lipinski definition) is 2. The van der Waals surface area contributed by atoms with Crippen LogP contribution in [0.2, 0.25) is 0 Å². The fourth-order valence-electron chi connectivity index (χ4n) is 2.55. The van der Waals surface area contributed by atoms with Gasteiger partial charge in [-0.1, -0.05) is 39.5 Å². The van der Waals surface area contributed by atoms with E-state index >= 15 is 0 Å². The molecular weight excluding hydrogens is 210 g/mol. The van der Waals surface area contributed by atoms with Gasteiger partial charge in [0.1, 0.15) is 0 Å². The van der Waals surface area contributed by atoms with Gasteiger partial charge in [-0.3, -0.25) is 0 Å². The fourth-order valence-corrected chi connectivity index (χ4v) is 2.55. The highest BCUT2D eigenvalue weighted by Crippen LogP contribution is 2.26. The molecule has 0 aliphatic heterocycles. The van der Waals surface area contributed by atoms with E-state index in [2.05, 4.69) is 26.1 Å². The first kappa shape index (κ1) is 15.0. The summed E-state index contributed by atoms with van der Waals surface area (Å²) in [7, 11) is 0. The van der Waals surface area contributed by atoms with E-state index in [1.54, 1.807) is 0 Å². The molecule has 0 heterocycles. The summed E-state index contributed by atoms with van der Waals surface area (Å²) in [5.74, 6) is 1.11. The maximum absolute atomic E-state index is 10.2. The van der Waals surface area contributed by atoms with Crippen molar-refractivity contribution in [3.05, 3.63) is 0 Å². The maximum Gasteiger partial charge on any atom is 0.0766 e. The molecule has 102 valence electrons. The quantitative estimate of drug-likeness (QED) is 0.724. The van der Waals surface area contributed by atoms with E-state index in [9.17, 15) is 5.11 Å². The van der Waals surface area contributed by atoms with E-state index < -0.39 is 5.60 Å². The number of aliphatic hydroxyl groups is 1. The lowest BCUT2D eigenvalue weighted by Crippen LogP contribution is -2.46. The van der Waals surface area contributed by atoms with Gasteiger partial charge in [0, 0.05) is 12.6 Å². The number of hydrogen-bond acceptors (Lipinski definition) is 2. The molecule has 1 aliphatic carbocycles. The summed E-state index contributed by atoms with van der Waals surface area (Å²) in [6.07, 6.45) is 8.31. The van der Waals surface area contributed by atoms with Crippen molar-refractivity contribution in [2.24, 2.45) is 11.8 Å². The Balaban J connectivity index is 2.35. The van der Waals surface area contributed by atoms with E-state index in [0.717, 1.165) is 5.92 Å². The summed E-state index contributed by atoms with van der Waals surface area (Å²) in [5, 5.41) is 13.8. The Morgan fingerprint density at radius 2 is 1.65 bits per heavy atom. The summed E-state index contributed by atoms with van der Waals surface area (Å²) >= 11 is 0. The molecule has 0 aromatic rings. The van der Waals surface area contributed by atoms with Crippen LogP contribution in [0.5, 0.6) is 0 Å². The summed E-state index contributed by atoms with van der Waals surface area (Å²) in [6, 6.07) is 0.540. The van der Waals surface area contributed by atoms with Crippen LogP contribution in [0, 0.1) is 11.8 Å². The minimum Gasteiger partial charge on any atom is -0.389 e. The van der Waals surface area contributed by atoms with E-state index in [1.807, 2.05) is 6.92 Å². The molecule has 1 fully saturated rings. The smallest absolute Gasteiger partial charge is 0.0766 e. The summed E-state index contributed by atoms with van der Waals surface area (Å²) in [5.41, 5.74) is -0.584. The summed E-state index contributed by atoms with van der Waals surface area (Å²) in [6.45, 7) is 9.09. The van der Waals surface area contributed by atoms with Crippen molar-refractivity contribution in [1.29, 1.82) is 0 Å². The van der Waals surface area contributed by atoms with Crippen LogP contribution < -0.4 is 5.32 Å². The Bertz CT molecular complexity index is 205. The molecule has 0 saturated heterocycles. The zero-order valence-electron chi connectivity index (χ0n) is 12.1. The van der Waals surface area contributed by atoms with Crippen LogP contribution in [-0.2, 0) is 0 Å². The van der Waals surface area contributed by atoms with Crippen molar-refractivity contribution in [3.8, 4) is 0 Å². The van der Waals surface area contributed by atoms with E-state index in [1.165, 1.54) is 38.5 Å². The average molecular weight is 241 g/mol. The second-order valence-corrected chi connectivity index (χ2v) is 6.43. The maximum atomic E-state index is 10.2. The van der Waals surface area contributed by atoms with Crippen LogP contribution in [0.1, 0.15) is 66.2 Å². The van der Waals surface area contributed by atoms with Crippen molar-refractivity contribution < 1.29 is 5.11 Å². The minimum atomic E-state index is -0.584. The highest BCUT2D eigenvalue weighted by molar-refractivity contribution is 4.82. The molecule has 1 unspecified atom stereocenters. The molecule has 0 bridgehead atoms. The van der Waals surface area contributed by atoms with Gasteiger partial charge < -0.3 is 10.4 Å². The van der Waals surface area contributed by atoms with Crippen molar-refractivity contribution in [2.75, 3.05) is 6.54 Å². The lowest BCUT2D eigenvalue weighted by atomic mass is 9.89. The van der Waals surface area contributed by atoms with Crippen LogP contribution in [0.15, 0.2) is 0 Å². The average Bonchev–Trinajstić information content (AvgIpc) is 2.54. The van der Waals surface area contributed by atoms with Gasteiger partial charge in [0.15, 0.2) is 0 Å². The van der Waals surface area contributed by atoms with Crippen molar-refractivity contribution in [1.82, 2.24) is 5.32 Å². The molecule has 0 aromatic heterocycles. The van der Waals surface area contributed by atoms with E-state index in [0.29, 0.717) is 18.5 Å². The second-order valence-electron chi connectivity index (χ2n) is 6.43. The third-order valence-corrected chi connectivity index (χ3v) is 4.63. The lowest BCUT2D eigenvalue weighted by Gasteiger charge is -2.32. The highest BCUT2D eigenvalue weighted by Gasteiger charge is 2.26. The van der Waals surface area contributed by atoms with Crippen LogP contribution in [0.4, 0.5) is 0 Å². The third-order valence-electron chi connectivity index (χ3n) is 4.63. The van der Waals surface area contributed by atoms with Crippen molar-refractivity contribution in [2.45, 2.75) is 77.9 Å². The van der Waals surface area contributed by atoms with Crippen molar-refractivity contribution >= 4 is 0 Å². The molecule has 1 saturated carbocycles. The first-order chi connectivity index (χ1) is 7.93. The minimum absolute atomic E-state index is 0.302. The largest absolute Gasteiger partial charge is 0.389 e. The molecule has 0 spiro atoms. The Kier molecular flexibility index (Phi) is 5.94. The monoisotopic (exact) mass is 241 g/mol. The van der Waals surface area contributed by atoms with Crippen LogP contribution in [0.25, 0.3) is 0 Å². The molecule has 2 atom stereocenters. The molecule has 17 heavy (non-hydrogen) atoms. The Labute approximate surface area is 107 Å². The van der Waals surface area contributed by atoms with Gasteiger partial charge >= 0.3 is 0 Å². The molecule has 2 nitrogen and oxygen atoms in total. The zero-order chi connectivity index (χ0) is 12.9. The second kappa shape index (κ2) is 6.75. The van der Waals surface area contributed by atoms with Gasteiger partial charge in [-0.2, -0.15) is 0 Å². The van der Waals surface area contributed by atoms with Crippen molar-refractivity contribution in [3.63, 3.8) is 0 Å². The molecular formula is C15H31NO. The zero-order valence-corrected chi connectivity index (χ0v) is 12.1. The van der Waals surface area contributed by atoms with Gasteiger partial charge in [-0.25, -0.2) is 0 Å². The summed E-state index contributed by atoms with van der Waals surface area (Å²) in [4.78, 5) is 0. The van der Waals surface area contributed by atoms with Crippen LogP contribution in [-0.4, -0.2) is 23.3 Å². The van der Waals surface area contributed by atoms with Gasteiger partial charge in [-0.15, -0.1) is 0 Å². The lowest BCUT2D eigenvalue weighted by molar-refractivity contribution is 0.0103. The molecule has 0 radical (unpaired) electrons. The SMILES string of the molecule is CC(C)C(C)(O)CN[C@H](C)C1CCCCCC1. The molecule has 1 aliphatic rings. The van der Waals surface area contributed by atoms with Gasteiger partial charge in [0.05, 0.1) is 5.60 Å². The predicted octanol–water partition coefficient (Wildman–Crippen LogP) is 3.34. The van der Waals surface area contributed by atoms with Gasteiger partial charge in [0.2, 0.25) is 0 Å². The highest BCUT2D eigenvalue weighted by atomic mass is 16.3. The van der Waals surface area contributed by atoms with Crippen LogP contribution >= 0.6 is 0 Å². The molecule has 2 N–H and O–H groups in total. The first-order valence-corrected chi connectivity index (χ1v) is 7.39. The summed E-state index contributed by atoms with van der Waals surface area (Å²) < 4.78 is 0. The number of nitrogens with one attached hydrogen (secondary N) is 1. The fraction of sp³-hybridized carbons (Fsp3) is 1.00. The van der Waals surface area contributed by atoms with Crippen LogP contribution in [0.3, 0.4) is 0 Å². The first-order valence-electron chi connectivity index (χ1n) is 7.39. The number of rotatable bonds is 5. The Morgan fingerprint density at radius 1 is 1.12 bits per heavy atom. The molecule has 0 amide bonds. The standard InChI is InChI=1S/C15H31NO/c1-12(2)15(4,17)11-16-13(3)14-9-7-5-6-8-10-14/h12-14,16-17H,5-11H2,1-4H3/t13-,15?/m1/s1. The molecule has 2 heteroatoms. The topological polar surface area (TPSA) is 32.3 Å². The third kappa shape index (κ3) is 4.97. The molecule has 1 rings (SSSR count). The van der Waals surface area contributed by atoms with E-state index in [-0.39, 0.29) is 0 Å². The van der Waals surface area contributed by atoms with E-state index in [4.69, 9.17) is 0 Å². The predicted molar refractivity (Wildman–Crippen MR) is 74.1 cm³/mol. The normalized spacial score (nSPS) is 24.4. The Morgan fingerprint density at radius 3 is 2.12 bits per heavy atom. The van der Waals surface area contributed by atoms with Gasteiger partial charge in [0.25, 0.3) is 0 Å². The van der Waals surface area contributed by atoms with Gasteiger partial charge in [-0.05, 0) is 38.5 Å². The Hall–Kier alpha value is -0.0800. The molecule has 0 aromatic carbocycles.